The maximum atomic E-state index is 3.04. The molecule has 0 amide bonds. The molecule has 27 heavy (non-hydrogen) atoms. The Kier molecular flexibility index (Phi) is 18.7. The van der Waals surface area contributed by atoms with E-state index in [1.165, 1.54) is 116 Å². The molecule has 0 fully saturated rings. The van der Waals surface area contributed by atoms with Crippen molar-refractivity contribution in [2.45, 2.75) is 136 Å². The van der Waals surface area contributed by atoms with Crippen LogP contribution in [0.4, 0.5) is 0 Å². The fourth-order valence-corrected chi connectivity index (χ4v) is 11.4. The van der Waals surface area contributed by atoms with E-state index in [9.17, 15) is 0 Å². The number of hydrogen-bond donors (Lipinski definition) is 0. The first-order chi connectivity index (χ1) is 13.0. The quantitative estimate of drug-likeness (QED) is 0.0815. The third kappa shape index (κ3) is 17.7. The number of halogens is 1. The molecule has 0 radical (unpaired) electrons. The van der Waals surface area contributed by atoms with Gasteiger partial charge in [0.2, 0.25) is 0 Å². The summed E-state index contributed by atoms with van der Waals surface area (Å²) in [5.41, 5.74) is 0. The van der Waals surface area contributed by atoms with Crippen LogP contribution in [0.15, 0.2) is 0 Å². The van der Waals surface area contributed by atoms with Crippen LogP contribution >= 0.6 is 26.3 Å². The van der Waals surface area contributed by atoms with Gasteiger partial charge < -0.3 is 0 Å². The van der Waals surface area contributed by atoms with Gasteiger partial charge in [0.15, 0.2) is 0 Å². The topological polar surface area (TPSA) is 0 Å². The van der Waals surface area contributed by atoms with Crippen LogP contribution in [0.25, 0.3) is 0 Å². The van der Waals surface area contributed by atoms with Gasteiger partial charge in [-0.1, -0.05) is 0 Å². The molecule has 0 aromatic rings. The Morgan fingerprint density at radius 1 is 0.407 bits per heavy atom. The van der Waals surface area contributed by atoms with E-state index in [1.807, 2.05) is 0 Å². The molecule has 0 bridgehead atoms. The van der Waals surface area contributed by atoms with Gasteiger partial charge in [0.05, 0.1) is 0 Å². The number of hydrogen-bond acceptors (Lipinski definition) is 0. The molecule has 0 heterocycles. The summed E-state index contributed by atoms with van der Waals surface area (Å²) < 4.78 is -1.47. The average Bonchev–Trinajstić information content (AvgIpc) is 2.64. The molecule has 2 heteroatoms. The van der Waals surface area contributed by atoms with E-state index in [4.69, 9.17) is 0 Å². The summed E-state index contributed by atoms with van der Waals surface area (Å²) in [5.74, 6) is 0. The summed E-state index contributed by atoms with van der Waals surface area (Å²) in [5, 5.41) is 0. The second kappa shape index (κ2) is 18.0. The Morgan fingerprint density at radius 2 is 0.630 bits per heavy atom. The molecule has 166 valence electrons. The van der Waals surface area contributed by atoms with E-state index in [0.717, 1.165) is 0 Å². The SMILES string of the molecule is CCCCCCCCP(C)(I)(CCCCCCCC)CCCCCCCC. The van der Waals surface area contributed by atoms with E-state index in [0.29, 0.717) is 0 Å². The molecule has 0 unspecified atom stereocenters. The van der Waals surface area contributed by atoms with Crippen molar-refractivity contribution < 1.29 is 0 Å². The molecule has 0 aliphatic rings. The Balaban J connectivity index is 4.29. The molecule has 0 saturated carbocycles. The molecule has 0 aliphatic carbocycles. The van der Waals surface area contributed by atoms with Crippen LogP contribution in [-0.2, 0) is 0 Å². The van der Waals surface area contributed by atoms with E-state index < -0.39 is 4.25 Å². The maximum absolute atomic E-state index is 3.04. The molecule has 0 spiro atoms. The first-order valence-corrected chi connectivity index (χ1v) is 18.7. The van der Waals surface area contributed by atoms with E-state index in [1.54, 1.807) is 18.5 Å². The fourth-order valence-electron chi connectivity index (χ4n) is 4.34. The van der Waals surface area contributed by atoms with Gasteiger partial charge in [-0.2, -0.15) is 0 Å². The molecule has 0 aromatic heterocycles. The van der Waals surface area contributed by atoms with Crippen molar-refractivity contribution in [3.05, 3.63) is 0 Å². The van der Waals surface area contributed by atoms with Crippen molar-refractivity contribution in [2.24, 2.45) is 0 Å². The van der Waals surface area contributed by atoms with Crippen LogP contribution in [0.5, 0.6) is 0 Å². The predicted molar refractivity (Wildman–Crippen MR) is 142 cm³/mol. The van der Waals surface area contributed by atoms with E-state index in [2.05, 4.69) is 49.5 Å². The van der Waals surface area contributed by atoms with Gasteiger partial charge in [0.25, 0.3) is 0 Å². The van der Waals surface area contributed by atoms with Crippen LogP contribution in [-0.4, -0.2) is 25.2 Å². The zero-order valence-electron chi connectivity index (χ0n) is 19.7. The first-order valence-electron chi connectivity index (χ1n) is 12.7. The minimum atomic E-state index is -1.47. The fraction of sp³-hybridized carbons (Fsp3) is 1.00. The van der Waals surface area contributed by atoms with Gasteiger partial charge >= 0.3 is 188 Å². The van der Waals surface area contributed by atoms with Gasteiger partial charge in [-0.15, -0.1) is 0 Å². The summed E-state index contributed by atoms with van der Waals surface area (Å²) in [6.07, 6.45) is 31.0. The normalized spacial score (nSPS) is 13.6. The van der Waals surface area contributed by atoms with Crippen molar-refractivity contribution in [3.63, 3.8) is 0 Å². The molecular formula is C25H54IP. The zero-order chi connectivity index (χ0) is 20.3. The van der Waals surface area contributed by atoms with Crippen molar-refractivity contribution in [1.29, 1.82) is 0 Å². The Morgan fingerprint density at radius 3 is 0.889 bits per heavy atom. The van der Waals surface area contributed by atoms with E-state index >= 15 is 0 Å². The van der Waals surface area contributed by atoms with Crippen molar-refractivity contribution in [2.75, 3.05) is 25.2 Å². The van der Waals surface area contributed by atoms with E-state index in [-0.39, 0.29) is 0 Å². The van der Waals surface area contributed by atoms with Gasteiger partial charge in [-0.3, -0.25) is 0 Å². The third-order valence-electron chi connectivity index (χ3n) is 6.41. The molecule has 0 nitrogen and oxygen atoms in total. The molecule has 0 N–H and O–H groups in total. The third-order valence-corrected chi connectivity index (χ3v) is 15.4. The molecular weight excluding hydrogens is 458 g/mol. The molecule has 0 rings (SSSR count). The van der Waals surface area contributed by atoms with Crippen LogP contribution in [0, 0.1) is 0 Å². The molecule has 0 aliphatic heterocycles. The summed E-state index contributed by atoms with van der Waals surface area (Å²) in [6.45, 7) is 9.73. The van der Waals surface area contributed by atoms with Gasteiger partial charge in [0.1, 0.15) is 0 Å². The number of rotatable bonds is 21. The molecule has 0 atom stereocenters. The van der Waals surface area contributed by atoms with Crippen LogP contribution in [0.2, 0.25) is 0 Å². The summed E-state index contributed by atoms with van der Waals surface area (Å²) >= 11 is 3.04. The summed E-state index contributed by atoms with van der Waals surface area (Å²) in [4.78, 5) is 0. The second-order valence-electron chi connectivity index (χ2n) is 9.62. The van der Waals surface area contributed by atoms with Crippen molar-refractivity contribution in [3.8, 4) is 0 Å². The standard InChI is InChI=1S/C25H54IP/c1-5-8-11-14-17-20-23-27(4,26,24-21-18-15-12-9-6-2)25-22-19-16-13-10-7-3/h5-25H2,1-4H3. The van der Waals surface area contributed by atoms with Gasteiger partial charge in [-0.05, 0) is 0 Å². The minimum absolute atomic E-state index is 1.37. The number of unbranched alkanes of at least 4 members (excludes halogenated alkanes) is 15. The molecule has 0 aromatic carbocycles. The Bertz CT molecular complexity index is 266. The van der Waals surface area contributed by atoms with Crippen molar-refractivity contribution >= 4 is 26.3 Å². The van der Waals surface area contributed by atoms with Crippen LogP contribution < -0.4 is 0 Å². The predicted octanol–water partition coefficient (Wildman–Crippen LogP) is 10.6. The Labute approximate surface area is 187 Å². The molecule has 0 saturated heterocycles. The summed E-state index contributed by atoms with van der Waals surface area (Å²) in [6, 6.07) is 0. The van der Waals surface area contributed by atoms with Crippen LogP contribution in [0.3, 0.4) is 0 Å². The van der Waals surface area contributed by atoms with Gasteiger partial charge in [0, 0.05) is 0 Å². The first kappa shape index (κ1) is 28.2. The monoisotopic (exact) mass is 512 g/mol. The van der Waals surface area contributed by atoms with Crippen LogP contribution in [0.1, 0.15) is 136 Å². The van der Waals surface area contributed by atoms with Gasteiger partial charge in [-0.25, -0.2) is 0 Å². The summed E-state index contributed by atoms with van der Waals surface area (Å²) in [7, 11) is 0. The second-order valence-corrected chi connectivity index (χ2v) is 24.3. The van der Waals surface area contributed by atoms with Crippen molar-refractivity contribution in [1.82, 2.24) is 0 Å². The average molecular weight is 513 g/mol. The zero-order valence-corrected chi connectivity index (χ0v) is 22.7. The Hall–Kier alpha value is 1.16.